The molecule has 0 aliphatic carbocycles. The summed E-state index contributed by atoms with van der Waals surface area (Å²) in [7, 11) is 1.87. The van der Waals surface area contributed by atoms with Gasteiger partial charge in [-0.15, -0.1) is 0 Å². The number of aryl methyl sites for hydroxylation is 2. The maximum atomic E-state index is 12.4. The maximum Gasteiger partial charge on any atom is 0.270 e. The molecule has 0 saturated carbocycles. The zero-order valence-electron chi connectivity index (χ0n) is 12.2. The normalized spacial score (nSPS) is 10.9. The molecule has 0 fully saturated rings. The van der Waals surface area contributed by atoms with Crippen LogP contribution < -0.4 is 0 Å². The number of aromatic amines is 1. The second kappa shape index (κ2) is 5.47. The number of aromatic nitrogens is 1. The number of amides is 1. The lowest BCUT2D eigenvalue weighted by molar-refractivity contribution is 0.0788. The number of nitrogens with zero attached hydrogens (tertiary/aromatic N) is 1. The minimum absolute atomic E-state index is 0.0832. The third kappa shape index (κ3) is 2.65. The fourth-order valence-electron chi connectivity index (χ4n) is 2.35. The molecule has 1 amide bonds. The number of fused-ring (bicyclic) bond motifs is 1. The SMILES string of the molecule is CCCCN(C)C(=O)c1[nH]c2cc(C)ccc2c1C. The number of hydrogen-bond acceptors (Lipinski definition) is 1. The van der Waals surface area contributed by atoms with Gasteiger partial charge in [0.2, 0.25) is 0 Å². The van der Waals surface area contributed by atoms with Gasteiger partial charge >= 0.3 is 0 Å². The van der Waals surface area contributed by atoms with E-state index >= 15 is 0 Å². The van der Waals surface area contributed by atoms with Crippen LogP contribution >= 0.6 is 0 Å². The van der Waals surface area contributed by atoms with Gasteiger partial charge in [-0.25, -0.2) is 0 Å². The average Bonchev–Trinajstić information content (AvgIpc) is 2.71. The van der Waals surface area contributed by atoms with Crippen LogP contribution in [0.3, 0.4) is 0 Å². The Morgan fingerprint density at radius 2 is 2.05 bits per heavy atom. The Bertz CT molecular complexity index is 598. The Morgan fingerprint density at radius 1 is 1.32 bits per heavy atom. The van der Waals surface area contributed by atoms with E-state index in [1.807, 2.05) is 14.0 Å². The molecule has 3 heteroatoms. The highest BCUT2D eigenvalue weighted by Crippen LogP contribution is 2.23. The summed E-state index contributed by atoms with van der Waals surface area (Å²) in [6.07, 6.45) is 2.14. The minimum atomic E-state index is 0.0832. The van der Waals surface area contributed by atoms with Gasteiger partial charge in [0.25, 0.3) is 5.91 Å². The fourth-order valence-corrected chi connectivity index (χ4v) is 2.35. The molecule has 0 unspecified atom stereocenters. The Balaban J connectivity index is 2.34. The number of rotatable bonds is 4. The second-order valence-electron chi connectivity index (χ2n) is 5.25. The van der Waals surface area contributed by atoms with Crippen LogP contribution in [0.15, 0.2) is 18.2 Å². The van der Waals surface area contributed by atoms with Gasteiger partial charge in [0.1, 0.15) is 5.69 Å². The van der Waals surface area contributed by atoms with Crippen molar-refractivity contribution in [1.29, 1.82) is 0 Å². The van der Waals surface area contributed by atoms with E-state index < -0.39 is 0 Å². The second-order valence-corrected chi connectivity index (χ2v) is 5.25. The van der Waals surface area contributed by atoms with Gasteiger partial charge in [-0.3, -0.25) is 4.79 Å². The third-order valence-corrected chi connectivity index (χ3v) is 3.62. The van der Waals surface area contributed by atoms with Crippen LogP contribution in [0.4, 0.5) is 0 Å². The number of carbonyl (C=O) groups is 1. The summed E-state index contributed by atoms with van der Waals surface area (Å²) in [5, 5.41) is 1.14. The molecule has 1 aromatic heterocycles. The van der Waals surface area contributed by atoms with Crippen LogP contribution in [0, 0.1) is 13.8 Å². The first-order valence-corrected chi connectivity index (χ1v) is 6.89. The Hall–Kier alpha value is -1.77. The lowest BCUT2D eigenvalue weighted by atomic mass is 10.1. The molecule has 1 heterocycles. The zero-order valence-corrected chi connectivity index (χ0v) is 12.2. The van der Waals surface area contributed by atoms with Gasteiger partial charge < -0.3 is 9.88 Å². The van der Waals surface area contributed by atoms with Gasteiger partial charge in [-0.2, -0.15) is 0 Å². The van der Waals surface area contributed by atoms with E-state index in [0.29, 0.717) is 0 Å². The van der Waals surface area contributed by atoms with Gasteiger partial charge in [-0.05, 0) is 37.5 Å². The van der Waals surface area contributed by atoms with Crippen molar-refractivity contribution >= 4 is 16.8 Å². The Kier molecular flexibility index (Phi) is 3.93. The smallest absolute Gasteiger partial charge is 0.270 e. The van der Waals surface area contributed by atoms with Gasteiger partial charge in [-0.1, -0.05) is 25.5 Å². The van der Waals surface area contributed by atoms with Gasteiger partial charge in [0.15, 0.2) is 0 Å². The van der Waals surface area contributed by atoms with Gasteiger partial charge in [0, 0.05) is 24.5 Å². The summed E-state index contributed by atoms with van der Waals surface area (Å²) in [5.74, 6) is 0.0832. The van der Waals surface area contributed by atoms with Crippen molar-refractivity contribution in [2.75, 3.05) is 13.6 Å². The van der Waals surface area contributed by atoms with Crippen molar-refractivity contribution in [3.63, 3.8) is 0 Å². The summed E-state index contributed by atoms with van der Waals surface area (Å²) in [5.41, 5.74) is 4.01. The first kappa shape index (κ1) is 13.7. The van der Waals surface area contributed by atoms with Crippen molar-refractivity contribution in [2.45, 2.75) is 33.6 Å². The number of hydrogen-bond donors (Lipinski definition) is 1. The third-order valence-electron chi connectivity index (χ3n) is 3.62. The van der Waals surface area contributed by atoms with E-state index in [4.69, 9.17) is 0 Å². The van der Waals surface area contributed by atoms with E-state index in [-0.39, 0.29) is 5.91 Å². The van der Waals surface area contributed by atoms with Crippen molar-refractivity contribution < 1.29 is 4.79 Å². The molecule has 2 aromatic rings. The van der Waals surface area contributed by atoms with Crippen molar-refractivity contribution in [1.82, 2.24) is 9.88 Å². The molecular weight excluding hydrogens is 236 g/mol. The molecule has 1 N–H and O–H groups in total. The van der Waals surface area contributed by atoms with Gasteiger partial charge in [0.05, 0.1) is 0 Å². The molecule has 3 nitrogen and oxygen atoms in total. The fraction of sp³-hybridized carbons (Fsp3) is 0.438. The summed E-state index contributed by atoms with van der Waals surface area (Å²) >= 11 is 0. The molecule has 0 bridgehead atoms. The summed E-state index contributed by atoms with van der Waals surface area (Å²) in [4.78, 5) is 17.5. The largest absolute Gasteiger partial charge is 0.350 e. The van der Waals surface area contributed by atoms with Crippen molar-refractivity contribution in [2.24, 2.45) is 0 Å². The number of nitrogens with one attached hydrogen (secondary N) is 1. The molecule has 0 aliphatic heterocycles. The number of unbranched alkanes of at least 4 members (excludes halogenated alkanes) is 1. The molecular formula is C16H22N2O. The average molecular weight is 258 g/mol. The molecule has 0 aliphatic rings. The Labute approximate surface area is 114 Å². The first-order chi connectivity index (χ1) is 9.04. The molecule has 2 rings (SSSR count). The lowest BCUT2D eigenvalue weighted by Crippen LogP contribution is -2.28. The van der Waals surface area contributed by atoms with E-state index in [0.717, 1.165) is 41.5 Å². The van der Waals surface area contributed by atoms with E-state index in [1.165, 1.54) is 5.56 Å². The highest BCUT2D eigenvalue weighted by molar-refractivity contribution is 6.00. The summed E-state index contributed by atoms with van der Waals surface area (Å²) < 4.78 is 0. The van der Waals surface area contributed by atoms with Crippen LogP contribution in [0.2, 0.25) is 0 Å². The zero-order chi connectivity index (χ0) is 14.0. The van der Waals surface area contributed by atoms with E-state index in [9.17, 15) is 4.79 Å². The Morgan fingerprint density at radius 3 is 2.74 bits per heavy atom. The molecule has 1 aromatic carbocycles. The maximum absolute atomic E-state index is 12.4. The molecule has 19 heavy (non-hydrogen) atoms. The highest BCUT2D eigenvalue weighted by Gasteiger charge is 2.17. The first-order valence-electron chi connectivity index (χ1n) is 6.89. The van der Waals surface area contributed by atoms with Crippen LogP contribution in [-0.2, 0) is 0 Å². The van der Waals surface area contributed by atoms with Crippen molar-refractivity contribution in [3.8, 4) is 0 Å². The molecule has 0 radical (unpaired) electrons. The standard InChI is InChI=1S/C16H22N2O/c1-5-6-9-18(4)16(19)15-12(3)13-8-7-11(2)10-14(13)17-15/h7-8,10,17H,5-6,9H2,1-4H3. The summed E-state index contributed by atoms with van der Waals surface area (Å²) in [6.45, 7) is 7.01. The van der Waals surface area contributed by atoms with Crippen LogP contribution in [-0.4, -0.2) is 29.4 Å². The minimum Gasteiger partial charge on any atom is -0.350 e. The monoisotopic (exact) mass is 258 g/mol. The lowest BCUT2D eigenvalue weighted by Gasteiger charge is -2.16. The molecule has 0 atom stereocenters. The van der Waals surface area contributed by atoms with Crippen LogP contribution in [0.25, 0.3) is 10.9 Å². The van der Waals surface area contributed by atoms with E-state index in [1.54, 1.807) is 4.90 Å². The number of H-pyrrole nitrogens is 1. The van der Waals surface area contributed by atoms with E-state index in [2.05, 4.69) is 37.0 Å². The molecule has 102 valence electrons. The quantitative estimate of drug-likeness (QED) is 0.892. The predicted molar refractivity (Wildman–Crippen MR) is 79.6 cm³/mol. The summed E-state index contributed by atoms with van der Waals surface area (Å²) in [6, 6.07) is 6.25. The predicted octanol–water partition coefficient (Wildman–Crippen LogP) is 3.66. The molecule has 0 saturated heterocycles. The topological polar surface area (TPSA) is 36.1 Å². The van der Waals surface area contributed by atoms with Crippen LogP contribution in [0.1, 0.15) is 41.4 Å². The molecule has 0 spiro atoms. The number of carbonyl (C=O) groups excluding carboxylic acids is 1. The highest BCUT2D eigenvalue weighted by atomic mass is 16.2. The number of benzene rings is 1. The van der Waals surface area contributed by atoms with Crippen LogP contribution in [0.5, 0.6) is 0 Å². The van der Waals surface area contributed by atoms with Crippen molar-refractivity contribution in [3.05, 3.63) is 35.0 Å².